The molecule has 0 saturated carbocycles. The zero-order valence-corrected chi connectivity index (χ0v) is 13.5. The maximum absolute atomic E-state index is 6.90. The number of hydrogen-bond acceptors (Lipinski definition) is 2. The Morgan fingerprint density at radius 3 is 1.32 bits per heavy atom. The van der Waals surface area contributed by atoms with E-state index in [1.165, 1.54) is 0 Å². The lowest BCUT2D eigenvalue weighted by Gasteiger charge is -2.26. The zero-order valence-electron chi connectivity index (χ0n) is 11.8. The normalized spacial score (nSPS) is 14.2. The van der Waals surface area contributed by atoms with Crippen LogP contribution in [0.2, 0.25) is 0 Å². The molecule has 0 aromatic heterocycles. The van der Waals surface area contributed by atoms with Crippen molar-refractivity contribution in [1.29, 1.82) is 0 Å². The lowest BCUT2D eigenvalue weighted by Crippen LogP contribution is -2.09. The molecule has 22 heavy (non-hydrogen) atoms. The molecule has 1 aliphatic rings. The topological polar surface area (TPSA) is 6.48 Å². The molecule has 0 saturated heterocycles. The van der Waals surface area contributed by atoms with Crippen LogP contribution in [0.4, 0.5) is 22.7 Å². The van der Waals surface area contributed by atoms with Crippen molar-refractivity contribution in [2.45, 2.75) is 0 Å². The minimum atomic E-state index is -1.03. The predicted molar refractivity (Wildman–Crippen MR) is 96.4 cm³/mol. The number of para-hydroxylation sites is 4. The Bertz CT molecular complexity index is 713. The Balaban J connectivity index is 1.87. The summed E-state index contributed by atoms with van der Waals surface area (Å²) in [4.78, 5) is 0. The second-order valence-corrected chi connectivity index (χ2v) is 7.21. The minimum absolute atomic E-state index is 1.03. The van der Waals surface area contributed by atoms with Gasteiger partial charge in [0.05, 0.1) is 11.4 Å². The fraction of sp³-hybridized carbons (Fsp3) is 0. The lowest BCUT2D eigenvalue weighted by molar-refractivity contribution is 1.44. The van der Waals surface area contributed by atoms with Crippen LogP contribution in [0.15, 0.2) is 84.9 Å². The number of anilines is 4. The molecule has 0 atom stereocenters. The molecular weight excluding hydrogens is 311 g/mol. The van der Waals surface area contributed by atoms with Crippen molar-refractivity contribution in [2.75, 3.05) is 9.34 Å². The molecule has 0 amide bonds. The van der Waals surface area contributed by atoms with Crippen molar-refractivity contribution in [3.05, 3.63) is 84.9 Å². The SMILES string of the molecule is ClP1N(c2ccccc2)c2ccccc2N1c1ccccc1. The molecule has 1 aliphatic heterocycles. The Labute approximate surface area is 136 Å². The molecule has 0 bridgehead atoms. The Morgan fingerprint density at radius 2 is 0.909 bits per heavy atom. The van der Waals surface area contributed by atoms with E-state index in [4.69, 9.17) is 11.2 Å². The van der Waals surface area contributed by atoms with Gasteiger partial charge in [0.15, 0.2) is 0 Å². The van der Waals surface area contributed by atoms with Crippen molar-refractivity contribution >= 4 is 41.6 Å². The summed E-state index contributed by atoms with van der Waals surface area (Å²) in [6, 6.07) is 29.0. The van der Waals surface area contributed by atoms with E-state index in [1.807, 2.05) is 36.4 Å². The maximum Gasteiger partial charge on any atom is 0.207 e. The molecule has 108 valence electrons. The van der Waals surface area contributed by atoms with Crippen molar-refractivity contribution in [2.24, 2.45) is 0 Å². The summed E-state index contributed by atoms with van der Waals surface area (Å²) >= 11 is 6.90. The number of fused-ring (bicyclic) bond motifs is 1. The smallest absolute Gasteiger partial charge is 0.207 e. The third-order valence-electron chi connectivity index (χ3n) is 3.67. The van der Waals surface area contributed by atoms with E-state index < -0.39 is 7.58 Å². The van der Waals surface area contributed by atoms with E-state index >= 15 is 0 Å². The Hall–Kier alpha value is -2.02. The molecule has 0 unspecified atom stereocenters. The summed E-state index contributed by atoms with van der Waals surface area (Å²) in [5.74, 6) is 0. The number of rotatable bonds is 2. The zero-order chi connectivity index (χ0) is 14.9. The lowest BCUT2D eigenvalue weighted by atomic mass is 10.2. The van der Waals surface area contributed by atoms with Gasteiger partial charge in [-0.15, -0.1) is 0 Å². The number of benzene rings is 3. The minimum Gasteiger partial charge on any atom is -0.288 e. The van der Waals surface area contributed by atoms with Crippen molar-refractivity contribution in [1.82, 2.24) is 0 Å². The van der Waals surface area contributed by atoms with Gasteiger partial charge < -0.3 is 0 Å². The molecule has 4 rings (SSSR count). The van der Waals surface area contributed by atoms with Crippen molar-refractivity contribution < 1.29 is 0 Å². The summed E-state index contributed by atoms with van der Waals surface area (Å²) in [7, 11) is -1.03. The highest BCUT2D eigenvalue weighted by Gasteiger charge is 2.37. The van der Waals surface area contributed by atoms with Gasteiger partial charge in [-0.2, -0.15) is 0 Å². The highest BCUT2D eigenvalue weighted by atomic mass is 35.7. The van der Waals surface area contributed by atoms with Crippen molar-refractivity contribution in [3.63, 3.8) is 0 Å². The molecule has 0 N–H and O–H groups in total. The van der Waals surface area contributed by atoms with Crippen LogP contribution in [-0.2, 0) is 0 Å². The van der Waals surface area contributed by atoms with Gasteiger partial charge in [0.2, 0.25) is 7.58 Å². The molecule has 0 radical (unpaired) electrons. The number of nitrogens with zero attached hydrogens (tertiary/aromatic N) is 2. The van der Waals surface area contributed by atoms with E-state index in [1.54, 1.807) is 0 Å². The average molecular weight is 325 g/mol. The van der Waals surface area contributed by atoms with Crippen LogP contribution in [0, 0.1) is 0 Å². The maximum atomic E-state index is 6.90. The Kier molecular flexibility index (Phi) is 3.49. The summed E-state index contributed by atoms with van der Waals surface area (Å²) in [6.07, 6.45) is 0. The van der Waals surface area contributed by atoms with Gasteiger partial charge in [0, 0.05) is 11.4 Å². The molecule has 4 heteroatoms. The number of hydrogen-bond donors (Lipinski definition) is 0. The van der Waals surface area contributed by atoms with Crippen LogP contribution >= 0.6 is 18.8 Å². The van der Waals surface area contributed by atoms with E-state index in [9.17, 15) is 0 Å². The highest BCUT2D eigenvalue weighted by Crippen LogP contribution is 2.67. The second kappa shape index (κ2) is 5.64. The quantitative estimate of drug-likeness (QED) is 0.500. The second-order valence-electron chi connectivity index (χ2n) is 5.02. The van der Waals surface area contributed by atoms with Gasteiger partial charge in [0.25, 0.3) is 0 Å². The van der Waals surface area contributed by atoms with E-state index in [2.05, 4.69) is 57.9 Å². The largest absolute Gasteiger partial charge is 0.288 e. The van der Waals surface area contributed by atoms with Gasteiger partial charge in [0.1, 0.15) is 0 Å². The van der Waals surface area contributed by atoms with E-state index in [0.29, 0.717) is 0 Å². The molecule has 0 spiro atoms. The van der Waals surface area contributed by atoms with Crippen molar-refractivity contribution in [3.8, 4) is 0 Å². The fourth-order valence-corrected chi connectivity index (χ4v) is 5.23. The first-order valence-corrected chi connectivity index (χ1v) is 9.26. The predicted octanol–water partition coefficient (Wildman–Crippen LogP) is 6.44. The number of halogens is 1. The van der Waals surface area contributed by atoms with Gasteiger partial charge >= 0.3 is 0 Å². The molecule has 2 nitrogen and oxygen atoms in total. The van der Waals surface area contributed by atoms with Crippen LogP contribution in [0.3, 0.4) is 0 Å². The molecule has 0 aliphatic carbocycles. The highest BCUT2D eigenvalue weighted by molar-refractivity contribution is 7.87. The molecule has 0 fully saturated rings. The third kappa shape index (κ3) is 2.16. The molecule has 1 heterocycles. The first-order chi connectivity index (χ1) is 10.9. The molecule has 3 aromatic rings. The van der Waals surface area contributed by atoms with Crippen LogP contribution in [0.25, 0.3) is 0 Å². The summed E-state index contributed by atoms with van der Waals surface area (Å²) in [5, 5.41) is 0. The third-order valence-corrected chi connectivity index (χ3v) is 6.13. The molecule has 3 aromatic carbocycles. The molecular formula is C18H14ClN2P. The van der Waals surface area contributed by atoms with E-state index in [0.717, 1.165) is 22.7 Å². The Morgan fingerprint density at radius 1 is 0.545 bits per heavy atom. The fourth-order valence-electron chi connectivity index (χ4n) is 2.70. The van der Waals surface area contributed by atoms with Crippen LogP contribution in [0.1, 0.15) is 0 Å². The monoisotopic (exact) mass is 324 g/mol. The first-order valence-electron chi connectivity index (χ1n) is 7.11. The summed E-state index contributed by atoms with van der Waals surface area (Å²) < 4.78 is 4.44. The average Bonchev–Trinajstić information content (AvgIpc) is 2.88. The van der Waals surface area contributed by atoms with Gasteiger partial charge in [-0.05, 0) is 47.6 Å². The van der Waals surface area contributed by atoms with Crippen LogP contribution in [-0.4, -0.2) is 0 Å². The van der Waals surface area contributed by atoms with Gasteiger partial charge in [-0.1, -0.05) is 48.5 Å². The summed E-state index contributed by atoms with van der Waals surface area (Å²) in [6.45, 7) is 0. The standard InChI is InChI=1S/C18H14ClN2P/c19-22-20(15-9-3-1-4-10-15)17-13-7-8-14-18(17)21(22)16-11-5-2-6-12-16/h1-14H. The van der Waals surface area contributed by atoms with Crippen LogP contribution in [0.5, 0.6) is 0 Å². The van der Waals surface area contributed by atoms with E-state index in [-0.39, 0.29) is 0 Å². The summed E-state index contributed by atoms with van der Waals surface area (Å²) in [5.41, 5.74) is 4.54. The van der Waals surface area contributed by atoms with Crippen LogP contribution < -0.4 is 9.34 Å². The van der Waals surface area contributed by atoms with Gasteiger partial charge in [-0.25, -0.2) is 0 Å². The first kappa shape index (κ1) is 13.6. The van der Waals surface area contributed by atoms with Gasteiger partial charge in [-0.3, -0.25) is 9.34 Å².